The lowest BCUT2D eigenvalue weighted by Gasteiger charge is -2.22. The molecule has 2 aromatic carbocycles. The van der Waals surface area contributed by atoms with Crippen molar-refractivity contribution in [1.82, 2.24) is 19.9 Å². The first-order valence-corrected chi connectivity index (χ1v) is 10.4. The molecular weight excluding hydrogens is 446 g/mol. The van der Waals surface area contributed by atoms with Gasteiger partial charge in [-0.2, -0.15) is 0 Å². The summed E-state index contributed by atoms with van der Waals surface area (Å²) in [5.74, 6) is -2.71. The molecule has 8 nitrogen and oxygen atoms in total. The lowest BCUT2D eigenvalue weighted by molar-refractivity contribution is -0.125. The molecule has 4 aromatic rings. The zero-order valence-corrected chi connectivity index (χ0v) is 18.0. The van der Waals surface area contributed by atoms with Crippen molar-refractivity contribution in [3.05, 3.63) is 105 Å². The van der Waals surface area contributed by atoms with Crippen molar-refractivity contribution in [2.45, 2.75) is 25.4 Å². The van der Waals surface area contributed by atoms with Gasteiger partial charge in [-0.1, -0.05) is 18.2 Å². The molecule has 0 bridgehead atoms. The molecule has 0 aliphatic heterocycles. The molecular formula is C24H20F2N4O4. The number of benzene rings is 2. The summed E-state index contributed by atoms with van der Waals surface area (Å²) in [7, 11) is 0. The Kier molecular flexibility index (Phi) is 6.22. The fourth-order valence-electron chi connectivity index (χ4n) is 3.82. The van der Waals surface area contributed by atoms with Gasteiger partial charge in [0.25, 0.3) is 5.56 Å². The Balaban J connectivity index is 1.79. The molecule has 3 N–H and O–H groups in total. The van der Waals surface area contributed by atoms with E-state index in [1.807, 2.05) is 0 Å². The van der Waals surface area contributed by atoms with Crippen molar-refractivity contribution in [2.24, 2.45) is 0 Å². The summed E-state index contributed by atoms with van der Waals surface area (Å²) in [6.07, 6.45) is 2.94. The van der Waals surface area contributed by atoms with E-state index in [1.165, 1.54) is 43.6 Å². The Morgan fingerprint density at radius 3 is 2.68 bits per heavy atom. The zero-order chi connectivity index (χ0) is 24.4. The highest BCUT2D eigenvalue weighted by Crippen LogP contribution is 2.22. The van der Waals surface area contributed by atoms with E-state index in [4.69, 9.17) is 0 Å². The number of nitrogens with one attached hydrogen (secondary N) is 2. The Morgan fingerprint density at radius 1 is 1.18 bits per heavy atom. The molecule has 34 heavy (non-hydrogen) atoms. The van der Waals surface area contributed by atoms with Gasteiger partial charge in [0.2, 0.25) is 5.91 Å². The minimum atomic E-state index is -1.35. The second kappa shape index (κ2) is 9.26. The Bertz CT molecular complexity index is 1480. The topological polar surface area (TPSA) is 117 Å². The third-order valence-corrected chi connectivity index (χ3v) is 5.49. The van der Waals surface area contributed by atoms with Gasteiger partial charge in [-0.05, 0) is 36.8 Å². The number of nitrogens with zero attached hydrogens (tertiary/aromatic N) is 2. The van der Waals surface area contributed by atoms with Gasteiger partial charge in [-0.3, -0.25) is 14.6 Å². The van der Waals surface area contributed by atoms with Crippen LogP contribution in [0.1, 0.15) is 30.1 Å². The van der Waals surface area contributed by atoms with E-state index in [2.05, 4.69) is 15.3 Å². The van der Waals surface area contributed by atoms with Crippen molar-refractivity contribution in [3.8, 4) is 5.75 Å². The first-order valence-electron chi connectivity index (χ1n) is 10.4. The number of carbonyl (C=O) groups excluding carboxylic acids is 1. The number of rotatable bonds is 6. The standard InChI is InChI=1S/C24H20F2N4O4/c1-13(16-8-7-15(25)11-17(16)26)28-22(32)19(10-14-4-3-9-27-12-14)30-23(33)21-18(29-24(30)34)5-2-6-20(21)31/h2-9,11-13,19,31H,10H2,1H3,(H,28,32)(H,29,34)/t13-,19+/m1/s1. The summed E-state index contributed by atoms with van der Waals surface area (Å²) < 4.78 is 28.2. The minimum Gasteiger partial charge on any atom is -0.507 e. The molecule has 0 radical (unpaired) electrons. The molecule has 1 amide bonds. The molecule has 0 unspecified atom stereocenters. The number of H-pyrrole nitrogens is 1. The van der Waals surface area contributed by atoms with Gasteiger partial charge >= 0.3 is 5.69 Å². The van der Waals surface area contributed by atoms with Gasteiger partial charge in [0, 0.05) is 30.4 Å². The monoisotopic (exact) mass is 466 g/mol. The van der Waals surface area contributed by atoms with E-state index in [0.717, 1.165) is 10.6 Å². The Hall–Kier alpha value is -4.34. The van der Waals surface area contributed by atoms with E-state index < -0.39 is 40.9 Å². The molecule has 10 heteroatoms. The minimum absolute atomic E-state index is 0.0345. The normalized spacial score (nSPS) is 12.9. The number of aromatic nitrogens is 3. The van der Waals surface area contributed by atoms with E-state index in [9.17, 15) is 28.3 Å². The highest BCUT2D eigenvalue weighted by atomic mass is 19.1. The average molecular weight is 466 g/mol. The van der Waals surface area contributed by atoms with Crippen molar-refractivity contribution >= 4 is 16.8 Å². The first-order chi connectivity index (χ1) is 16.3. The van der Waals surface area contributed by atoms with Gasteiger partial charge in [0.1, 0.15) is 28.8 Å². The molecule has 2 aromatic heterocycles. The number of amides is 1. The van der Waals surface area contributed by atoms with Crippen LogP contribution in [0.5, 0.6) is 5.75 Å². The predicted molar refractivity (Wildman–Crippen MR) is 120 cm³/mol. The van der Waals surface area contributed by atoms with Crippen LogP contribution in [-0.2, 0) is 11.2 Å². The maximum Gasteiger partial charge on any atom is 0.329 e. The fraction of sp³-hybridized carbons (Fsp3) is 0.167. The van der Waals surface area contributed by atoms with Gasteiger partial charge in [-0.25, -0.2) is 18.1 Å². The third-order valence-electron chi connectivity index (χ3n) is 5.49. The summed E-state index contributed by atoms with van der Waals surface area (Å²) in [6.45, 7) is 1.49. The number of halogens is 2. The zero-order valence-electron chi connectivity index (χ0n) is 18.0. The van der Waals surface area contributed by atoms with Gasteiger partial charge in [0.15, 0.2) is 0 Å². The van der Waals surface area contributed by atoms with Crippen LogP contribution in [0.25, 0.3) is 10.9 Å². The molecule has 174 valence electrons. The number of aromatic hydroxyl groups is 1. The second-order valence-electron chi connectivity index (χ2n) is 7.78. The molecule has 0 spiro atoms. The quantitative estimate of drug-likeness (QED) is 0.404. The molecule has 2 atom stereocenters. The van der Waals surface area contributed by atoms with Crippen LogP contribution in [0.2, 0.25) is 0 Å². The average Bonchev–Trinajstić information content (AvgIpc) is 2.78. The summed E-state index contributed by atoms with van der Waals surface area (Å²) in [5.41, 5.74) is -0.998. The van der Waals surface area contributed by atoms with Crippen LogP contribution in [-0.4, -0.2) is 25.5 Å². The van der Waals surface area contributed by atoms with Crippen molar-refractivity contribution in [1.29, 1.82) is 0 Å². The molecule has 0 saturated heterocycles. The Morgan fingerprint density at radius 2 is 1.97 bits per heavy atom. The van der Waals surface area contributed by atoms with Crippen molar-refractivity contribution in [3.63, 3.8) is 0 Å². The first kappa shape index (κ1) is 22.8. The van der Waals surface area contributed by atoms with Crippen LogP contribution in [0.4, 0.5) is 8.78 Å². The Labute approximate surface area is 191 Å². The number of hydrogen-bond donors (Lipinski definition) is 3. The molecule has 0 fully saturated rings. The van der Waals surface area contributed by atoms with E-state index in [1.54, 1.807) is 12.1 Å². The van der Waals surface area contributed by atoms with E-state index in [0.29, 0.717) is 11.6 Å². The second-order valence-corrected chi connectivity index (χ2v) is 7.78. The number of aromatic amines is 1. The molecule has 0 saturated carbocycles. The van der Waals surface area contributed by atoms with Crippen LogP contribution < -0.4 is 16.6 Å². The lowest BCUT2D eigenvalue weighted by Crippen LogP contribution is -2.46. The van der Waals surface area contributed by atoms with Gasteiger partial charge in [0.05, 0.1) is 11.6 Å². The van der Waals surface area contributed by atoms with Crippen LogP contribution in [0.15, 0.2) is 70.5 Å². The van der Waals surface area contributed by atoms with Crippen LogP contribution in [0.3, 0.4) is 0 Å². The summed E-state index contributed by atoms with van der Waals surface area (Å²) in [4.78, 5) is 46.0. The van der Waals surface area contributed by atoms with Crippen molar-refractivity contribution < 1.29 is 18.7 Å². The molecule has 0 aliphatic carbocycles. The number of fused-ring (bicyclic) bond motifs is 1. The largest absolute Gasteiger partial charge is 0.507 e. The predicted octanol–water partition coefficient (Wildman–Crippen LogP) is 2.73. The molecule has 0 aliphatic rings. The molecule has 2 heterocycles. The number of hydrogen-bond acceptors (Lipinski definition) is 5. The SMILES string of the molecule is C[C@@H](NC(=O)[C@H](Cc1cccnc1)n1c(=O)[nH]c2cccc(O)c2c1=O)c1ccc(F)cc1F. The van der Waals surface area contributed by atoms with E-state index in [-0.39, 0.29) is 28.6 Å². The van der Waals surface area contributed by atoms with E-state index >= 15 is 0 Å². The maximum absolute atomic E-state index is 14.2. The molecule has 4 rings (SSSR count). The van der Waals surface area contributed by atoms with Gasteiger partial charge < -0.3 is 15.4 Å². The summed E-state index contributed by atoms with van der Waals surface area (Å²) in [6, 6.07) is 8.26. The third kappa shape index (κ3) is 4.42. The maximum atomic E-state index is 14.2. The number of phenolic OH excluding ortho intramolecular Hbond substituents is 1. The van der Waals surface area contributed by atoms with Crippen LogP contribution in [0, 0.1) is 11.6 Å². The lowest BCUT2D eigenvalue weighted by atomic mass is 10.0. The fourth-order valence-corrected chi connectivity index (χ4v) is 3.82. The summed E-state index contributed by atoms with van der Waals surface area (Å²) in [5, 5.41) is 12.7. The number of phenols is 1. The summed E-state index contributed by atoms with van der Waals surface area (Å²) >= 11 is 0. The van der Waals surface area contributed by atoms with Crippen molar-refractivity contribution in [2.75, 3.05) is 0 Å². The highest BCUT2D eigenvalue weighted by Gasteiger charge is 2.28. The smallest absolute Gasteiger partial charge is 0.329 e. The van der Waals surface area contributed by atoms with Gasteiger partial charge in [-0.15, -0.1) is 0 Å². The highest BCUT2D eigenvalue weighted by molar-refractivity contribution is 5.85. The number of carbonyl (C=O) groups is 1. The van der Waals surface area contributed by atoms with Crippen LogP contribution >= 0.6 is 0 Å². The number of pyridine rings is 1.